The van der Waals surface area contributed by atoms with Crippen molar-refractivity contribution < 1.29 is 28.5 Å². The number of anilines is 2. The first kappa shape index (κ1) is 18.9. The molecule has 0 radical (unpaired) electrons. The fourth-order valence-electron chi connectivity index (χ4n) is 2.15. The fraction of sp³-hybridized carbons (Fsp3) is 0.222. The smallest absolute Gasteiger partial charge is 0.338 e. The number of ether oxygens (including phenoxy) is 4. The van der Waals surface area contributed by atoms with Crippen molar-refractivity contribution in [2.75, 3.05) is 39.0 Å². The Hall–Kier alpha value is -3.42. The molecule has 0 spiro atoms. The van der Waals surface area contributed by atoms with E-state index in [0.29, 0.717) is 28.6 Å². The zero-order valence-corrected chi connectivity index (χ0v) is 14.7. The predicted molar refractivity (Wildman–Crippen MR) is 95.9 cm³/mol. The van der Waals surface area contributed by atoms with Crippen LogP contribution in [-0.2, 0) is 9.53 Å². The van der Waals surface area contributed by atoms with Gasteiger partial charge in [-0.3, -0.25) is 4.79 Å². The van der Waals surface area contributed by atoms with Gasteiger partial charge in [-0.05, 0) is 18.2 Å². The Morgan fingerprint density at radius 3 is 2.15 bits per heavy atom. The van der Waals surface area contributed by atoms with Crippen molar-refractivity contribution in [2.24, 2.45) is 0 Å². The highest BCUT2D eigenvalue weighted by Crippen LogP contribution is 2.26. The summed E-state index contributed by atoms with van der Waals surface area (Å²) in [6, 6.07) is 9.38. The normalized spacial score (nSPS) is 9.96. The second kappa shape index (κ2) is 8.61. The summed E-state index contributed by atoms with van der Waals surface area (Å²) in [4.78, 5) is 24.0. The molecule has 0 unspecified atom stereocenters. The van der Waals surface area contributed by atoms with Crippen LogP contribution >= 0.6 is 0 Å². The number of nitrogen functional groups attached to an aromatic ring is 1. The van der Waals surface area contributed by atoms with Crippen LogP contribution in [0.5, 0.6) is 17.2 Å². The second-order valence-electron chi connectivity index (χ2n) is 5.18. The van der Waals surface area contributed by atoms with Gasteiger partial charge in [0.2, 0.25) is 0 Å². The molecule has 1 amide bonds. The van der Waals surface area contributed by atoms with Crippen molar-refractivity contribution in [3.05, 3.63) is 42.0 Å². The highest BCUT2D eigenvalue weighted by atomic mass is 16.5. The average molecular weight is 360 g/mol. The maximum absolute atomic E-state index is 12.0. The first-order valence-electron chi connectivity index (χ1n) is 7.60. The molecule has 0 aliphatic carbocycles. The Kier molecular flexibility index (Phi) is 6.26. The number of carbonyl (C=O) groups excluding carboxylic acids is 2. The molecule has 0 atom stereocenters. The summed E-state index contributed by atoms with van der Waals surface area (Å²) in [7, 11) is 4.48. The molecular formula is C18H20N2O6. The van der Waals surface area contributed by atoms with Crippen molar-refractivity contribution in [3.63, 3.8) is 0 Å². The van der Waals surface area contributed by atoms with Gasteiger partial charge in [0, 0.05) is 23.9 Å². The van der Waals surface area contributed by atoms with Gasteiger partial charge >= 0.3 is 5.97 Å². The Morgan fingerprint density at radius 2 is 1.62 bits per heavy atom. The Labute approximate surface area is 150 Å². The van der Waals surface area contributed by atoms with E-state index in [1.807, 2.05) is 0 Å². The molecule has 138 valence electrons. The minimum absolute atomic E-state index is 0.221. The topological polar surface area (TPSA) is 109 Å². The van der Waals surface area contributed by atoms with Crippen molar-refractivity contribution in [1.82, 2.24) is 0 Å². The number of amides is 1. The van der Waals surface area contributed by atoms with Crippen LogP contribution in [-0.4, -0.2) is 39.8 Å². The van der Waals surface area contributed by atoms with Crippen molar-refractivity contribution in [2.45, 2.75) is 0 Å². The van der Waals surface area contributed by atoms with E-state index in [1.165, 1.54) is 33.5 Å². The van der Waals surface area contributed by atoms with Crippen LogP contribution < -0.4 is 25.3 Å². The SMILES string of the molecule is COc1cc(NC(=O)COC(=O)c2ccc(OC)c(N)c2)cc(OC)c1. The number of nitrogens with two attached hydrogens (primary N) is 1. The molecule has 3 N–H and O–H groups in total. The number of hydrogen-bond donors (Lipinski definition) is 2. The van der Waals surface area contributed by atoms with Gasteiger partial charge in [0.25, 0.3) is 5.91 Å². The number of esters is 1. The van der Waals surface area contributed by atoms with E-state index in [0.717, 1.165) is 0 Å². The van der Waals surface area contributed by atoms with Gasteiger partial charge in [-0.15, -0.1) is 0 Å². The first-order valence-corrected chi connectivity index (χ1v) is 7.60. The monoisotopic (exact) mass is 360 g/mol. The van der Waals surface area contributed by atoms with E-state index in [2.05, 4.69) is 5.32 Å². The average Bonchev–Trinajstić information content (AvgIpc) is 2.65. The Morgan fingerprint density at radius 1 is 0.962 bits per heavy atom. The van der Waals surface area contributed by atoms with Crippen LogP contribution in [0.25, 0.3) is 0 Å². The first-order chi connectivity index (χ1) is 12.5. The van der Waals surface area contributed by atoms with E-state index >= 15 is 0 Å². The van der Waals surface area contributed by atoms with Gasteiger partial charge < -0.3 is 30.0 Å². The minimum Gasteiger partial charge on any atom is -0.497 e. The van der Waals surface area contributed by atoms with E-state index < -0.39 is 18.5 Å². The number of nitrogens with one attached hydrogen (secondary N) is 1. The summed E-state index contributed by atoms with van der Waals surface area (Å²) in [5, 5.41) is 2.61. The van der Waals surface area contributed by atoms with Gasteiger partial charge in [-0.25, -0.2) is 4.79 Å². The van der Waals surface area contributed by atoms with E-state index in [1.54, 1.807) is 24.3 Å². The van der Waals surface area contributed by atoms with Crippen LogP contribution in [0.2, 0.25) is 0 Å². The molecule has 0 heterocycles. The molecule has 2 aromatic rings. The third-order valence-corrected chi connectivity index (χ3v) is 3.43. The third-order valence-electron chi connectivity index (χ3n) is 3.43. The second-order valence-corrected chi connectivity index (χ2v) is 5.18. The van der Waals surface area contributed by atoms with Crippen molar-refractivity contribution >= 4 is 23.3 Å². The van der Waals surface area contributed by atoms with Crippen LogP contribution in [0.4, 0.5) is 11.4 Å². The molecule has 8 nitrogen and oxygen atoms in total. The van der Waals surface area contributed by atoms with Gasteiger partial charge in [0.05, 0.1) is 32.6 Å². The third kappa shape index (κ3) is 4.79. The van der Waals surface area contributed by atoms with Crippen LogP contribution in [0.3, 0.4) is 0 Å². The highest BCUT2D eigenvalue weighted by Gasteiger charge is 2.13. The summed E-state index contributed by atoms with van der Waals surface area (Å²) in [6.07, 6.45) is 0. The highest BCUT2D eigenvalue weighted by molar-refractivity contribution is 5.96. The van der Waals surface area contributed by atoms with Crippen LogP contribution in [0.1, 0.15) is 10.4 Å². The number of benzene rings is 2. The summed E-state index contributed by atoms with van der Waals surface area (Å²) >= 11 is 0. The van der Waals surface area contributed by atoms with Gasteiger partial charge in [0.1, 0.15) is 17.2 Å². The zero-order chi connectivity index (χ0) is 19.1. The lowest BCUT2D eigenvalue weighted by Crippen LogP contribution is -2.21. The Balaban J connectivity index is 1.96. The number of hydrogen-bond acceptors (Lipinski definition) is 7. The van der Waals surface area contributed by atoms with Gasteiger partial charge in [-0.1, -0.05) is 0 Å². The molecule has 2 aromatic carbocycles. The maximum atomic E-state index is 12.0. The quantitative estimate of drug-likeness (QED) is 0.575. The van der Waals surface area contributed by atoms with E-state index in [9.17, 15) is 9.59 Å². The van der Waals surface area contributed by atoms with E-state index in [-0.39, 0.29) is 5.56 Å². The molecule has 0 aliphatic rings. The van der Waals surface area contributed by atoms with Crippen molar-refractivity contribution in [1.29, 1.82) is 0 Å². The molecule has 0 saturated heterocycles. The Bertz CT molecular complexity index is 784. The van der Waals surface area contributed by atoms with Crippen LogP contribution in [0, 0.1) is 0 Å². The number of rotatable bonds is 7. The molecule has 2 rings (SSSR count). The van der Waals surface area contributed by atoms with E-state index in [4.69, 9.17) is 24.7 Å². The summed E-state index contributed by atoms with van der Waals surface area (Å²) in [5.74, 6) is 0.315. The largest absolute Gasteiger partial charge is 0.497 e. The predicted octanol–water partition coefficient (Wildman–Crippen LogP) is 2.09. The molecule has 0 fully saturated rings. The lowest BCUT2D eigenvalue weighted by molar-refractivity contribution is -0.119. The lowest BCUT2D eigenvalue weighted by Gasteiger charge is -2.10. The summed E-state index contributed by atoms with van der Waals surface area (Å²) in [6.45, 7) is -0.454. The summed E-state index contributed by atoms with van der Waals surface area (Å²) in [5.41, 5.74) is 6.72. The lowest BCUT2D eigenvalue weighted by atomic mass is 10.2. The molecule has 0 aromatic heterocycles. The van der Waals surface area contributed by atoms with Crippen molar-refractivity contribution in [3.8, 4) is 17.2 Å². The molecule has 0 bridgehead atoms. The van der Waals surface area contributed by atoms with Gasteiger partial charge in [-0.2, -0.15) is 0 Å². The molecule has 26 heavy (non-hydrogen) atoms. The summed E-state index contributed by atoms with van der Waals surface area (Å²) < 4.78 is 20.3. The fourth-order valence-corrected chi connectivity index (χ4v) is 2.15. The molecular weight excluding hydrogens is 340 g/mol. The molecule has 8 heteroatoms. The minimum atomic E-state index is -0.669. The van der Waals surface area contributed by atoms with Gasteiger partial charge in [0.15, 0.2) is 6.61 Å². The molecule has 0 saturated carbocycles. The van der Waals surface area contributed by atoms with Crippen LogP contribution in [0.15, 0.2) is 36.4 Å². The standard InChI is InChI=1S/C18H20N2O6/c1-23-13-7-12(8-14(9-13)24-2)20-17(21)10-26-18(22)11-4-5-16(25-3)15(19)6-11/h4-9H,10,19H2,1-3H3,(H,20,21). The molecule has 0 aliphatic heterocycles. The number of carbonyl (C=O) groups is 2. The maximum Gasteiger partial charge on any atom is 0.338 e. The zero-order valence-electron chi connectivity index (χ0n) is 14.7. The number of methoxy groups -OCH3 is 3.